The number of hydrogen-bond donors (Lipinski definition) is 1. The highest BCUT2D eigenvalue weighted by Crippen LogP contribution is 2.14. The predicted octanol–water partition coefficient (Wildman–Crippen LogP) is 2.92. The number of pyridine rings is 1. The van der Waals surface area contributed by atoms with E-state index in [4.69, 9.17) is 4.74 Å². The van der Waals surface area contributed by atoms with Gasteiger partial charge in [-0.15, -0.1) is 0 Å². The smallest absolute Gasteiger partial charge is 0.0732 e. The second-order valence-corrected chi connectivity index (χ2v) is 4.50. The molecule has 0 aliphatic heterocycles. The minimum absolute atomic E-state index is 0.185. The van der Waals surface area contributed by atoms with Crippen LogP contribution in [-0.4, -0.2) is 24.7 Å². The van der Waals surface area contributed by atoms with E-state index < -0.39 is 0 Å². The van der Waals surface area contributed by atoms with Gasteiger partial charge in [-0.3, -0.25) is 4.98 Å². The van der Waals surface area contributed by atoms with Crippen LogP contribution in [0.25, 0.3) is 0 Å². The summed E-state index contributed by atoms with van der Waals surface area (Å²) in [6, 6.07) is 4.21. The molecular formula is C12H19BrN2O. The molecule has 1 rings (SSSR count). The maximum absolute atomic E-state index is 5.57. The Labute approximate surface area is 106 Å². The van der Waals surface area contributed by atoms with Crippen molar-refractivity contribution in [2.45, 2.75) is 26.3 Å². The van der Waals surface area contributed by atoms with E-state index in [0.29, 0.717) is 6.61 Å². The average Bonchev–Trinajstić information content (AvgIpc) is 2.29. The Morgan fingerprint density at radius 1 is 1.44 bits per heavy atom. The minimum Gasteiger partial charge on any atom is -0.379 e. The van der Waals surface area contributed by atoms with E-state index in [1.165, 1.54) is 0 Å². The fraction of sp³-hybridized carbons (Fsp3) is 0.583. The topological polar surface area (TPSA) is 34.1 Å². The fourth-order valence-electron chi connectivity index (χ4n) is 1.43. The zero-order valence-corrected chi connectivity index (χ0v) is 11.5. The minimum atomic E-state index is 0.185. The van der Waals surface area contributed by atoms with Crippen molar-refractivity contribution in [1.29, 1.82) is 0 Å². The van der Waals surface area contributed by atoms with Crippen LogP contribution >= 0.6 is 15.9 Å². The lowest BCUT2D eigenvalue weighted by Crippen LogP contribution is -2.26. The highest BCUT2D eigenvalue weighted by molar-refractivity contribution is 9.10. The first kappa shape index (κ1) is 13.6. The molecule has 90 valence electrons. The summed E-state index contributed by atoms with van der Waals surface area (Å²) in [6.45, 7) is 6.60. The van der Waals surface area contributed by atoms with Gasteiger partial charge in [0.25, 0.3) is 0 Å². The van der Waals surface area contributed by atoms with Crippen molar-refractivity contribution < 1.29 is 4.74 Å². The van der Waals surface area contributed by atoms with Gasteiger partial charge in [-0.2, -0.15) is 0 Å². The van der Waals surface area contributed by atoms with Crippen LogP contribution in [0.5, 0.6) is 0 Å². The molecule has 0 spiro atoms. The molecule has 0 saturated carbocycles. The lowest BCUT2D eigenvalue weighted by Gasteiger charge is -2.17. The van der Waals surface area contributed by atoms with Crippen LogP contribution in [0, 0.1) is 0 Å². The first-order chi connectivity index (χ1) is 7.77. The zero-order valence-electron chi connectivity index (χ0n) is 9.87. The van der Waals surface area contributed by atoms with Gasteiger partial charge < -0.3 is 10.1 Å². The van der Waals surface area contributed by atoms with E-state index in [0.717, 1.165) is 29.7 Å². The molecule has 1 atom stereocenters. The number of likely N-dealkylation sites (N-methyl/N-ethyl adjacent to an activating group) is 1. The molecule has 1 N–H and O–H groups in total. The number of hydrogen-bond acceptors (Lipinski definition) is 3. The monoisotopic (exact) mass is 286 g/mol. The van der Waals surface area contributed by atoms with Gasteiger partial charge in [0.15, 0.2) is 0 Å². The van der Waals surface area contributed by atoms with Gasteiger partial charge in [0.2, 0.25) is 0 Å². The van der Waals surface area contributed by atoms with Gasteiger partial charge in [-0.1, -0.05) is 13.8 Å². The van der Waals surface area contributed by atoms with Crippen molar-refractivity contribution in [3.8, 4) is 0 Å². The molecule has 0 aromatic carbocycles. The van der Waals surface area contributed by atoms with Crippen molar-refractivity contribution in [2.75, 3.05) is 19.8 Å². The molecule has 0 radical (unpaired) electrons. The summed E-state index contributed by atoms with van der Waals surface area (Å²) >= 11 is 3.38. The molecular weight excluding hydrogens is 268 g/mol. The molecule has 0 aliphatic rings. The normalized spacial score (nSPS) is 12.7. The second-order valence-electron chi connectivity index (χ2n) is 3.59. The lowest BCUT2D eigenvalue weighted by atomic mass is 10.2. The molecule has 0 bridgehead atoms. The molecule has 0 saturated heterocycles. The quantitative estimate of drug-likeness (QED) is 0.783. The first-order valence-electron chi connectivity index (χ1n) is 5.70. The van der Waals surface area contributed by atoms with Crippen molar-refractivity contribution >= 4 is 15.9 Å². The molecule has 1 heterocycles. The fourth-order valence-corrected chi connectivity index (χ4v) is 1.67. The van der Waals surface area contributed by atoms with Crippen LogP contribution in [0.1, 0.15) is 32.0 Å². The molecule has 1 unspecified atom stereocenters. The molecule has 0 amide bonds. The largest absolute Gasteiger partial charge is 0.379 e. The van der Waals surface area contributed by atoms with Gasteiger partial charge in [-0.25, -0.2) is 0 Å². The van der Waals surface area contributed by atoms with Crippen molar-refractivity contribution in [3.05, 3.63) is 28.5 Å². The van der Waals surface area contributed by atoms with E-state index in [9.17, 15) is 0 Å². The number of nitrogens with one attached hydrogen (secondary N) is 1. The number of nitrogens with zero attached hydrogens (tertiary/aromatic N) is 1. The van der Waals surface area contributed by atoms with Crippen LogP contribution in [0.15, 0.2) is 22.8 Å². The Balaban J connectivity index is 2.57. The van der Waals surface area contributed by atoms with E-state index in [1.807, 2.05) is 18.3 Å². The van der Waals surface area contributed by atoms with Crippen LogP contribution in [-0.2, 0) is 4.74 Å². The summed E-state index contributed by atoms with van der Waals surface area (Å²) in [6.07, 6.45) is 2.87. The molecule has 1 aromatic rings. The number of ether oxygens (including phenoxy) is 1. The highest BCUT2D eigenvalue weighted by atomic mass is 79.9. The molecule has 0 fully saturated rings. The van der Waals surface area contributed by atoms with Crippen LogP contribution < -0.4 is 5.32 Å². The van der Waals surface area contributed by atoms with E-state index in [1.54, 1.807) is 0 Å². The highest BCUT2D eigenvalue weighted by Gasteiger charge is 2.11. The average molecular weight is 287 g/mol. The third-order valence-corrected chi connectivity index (χ3v) is 2.66. The van der Waals surface area contributed by atoms with Gasteiger partial charge in [0, 0.05) is 17.3 Å². The predicted molar refractivity (Wildman–Crippen MR) is 69.5 cm³/mol. The van der Waals surface area contributed by atoms with Crippen LogP contribution in [0.2, 0.25) is 0 Å². The summed E-state index contributed by atoms with van der Waals surface area (Å²) in [7, 11) is 0. The molecule has 1 aromatic heterocycles. The molecule has 4 heteroatoms. The summed E-state index contributed by atoms with van der Waals surface area (Å²) in [4.78, 5) is 4.39. The number of halogens is 1. The van der Waals surface area contributed by atoms with Crippen molar-refractivity contribution in [2.24, 2.45) is 0 Å². The number of aromatic nitrogens is 1. The second kappa shape index (κ2) is 7.76. The van der Waals surface area contributed by atoms with Gasteiger partial charge in [0.05, 0.1) is 18.3 Å². The van der Waals surface area contributed by atoms with Gasteiger partial charge in [0.1, 0.15) is 0 Å². The number of rotatable bonds is 7. The van der Waals surface area contributed by atoms with Gasteiger partial charge in [-0.05, 0) is 41.0 Å². The third-order valence-electron chi connectivity index (χ3n) is 2.19. The Hall–Kier alpha value is -0.450. The standard InChI is InChI=1S/C12H19BrN2O/c1-3-7-16-9-12(14-4-2)11-6-5-10(13)8-15-11/h5-6,8,12,14H,3-4,7,9H2,1-2H3. The Morgan fingerprint density at radius 2 is 2.25 bits per heavy atom. The summed E-state index contributed by atoms with van der Waals surface area (Å²) in [5.41, 5.74) is 1.03. The summed E-state index contributed by atoms with van der Waals surface area (Å²) in [5.74, 6) is 0. The molecule has 0 aliphatic carbocycles. The summed E-state index contributed by atoms with van der Waals surface area (Å²) in [5, 5.41) is 3.37. The maximum Gasteiger partial charge on any atom is 0.0732 e. The van der Waals surface area contributed by atoms with Crippen LogP contribution in [0.3, 0.4) is 0 Å². The molecule has 16 heavy (non-hydrogen) atoms. The van der Waals surface area contributed by atoms with Gasteiger partial charge >= 0.3 is 0 Å². The van der Waals surface area contributed by atoms with Crippen LogP contribution in [0.4, 0.5) is 0 Å². The molecule has 3 nitrogen and oxygen atoms in total. The first-order valence-corrected chi connectivity index (χ1v) is 6.49. The van der Waals surface area contributed by atoms with Crippen molar-refractivity contribution in [1.82, 2.24) is 10.3 Å². The third kappa shape index (κ3) is 4.60. The summed E-state index contributed by atoms with van der Waals surface area (Å²) < 4.78 is 6.57. The Bertz CT molecular complexity index is 290. The van der Waals surface area contributed by atoms with E-state index >= 15 is 0 Å². The Kier molecular flexibility index (Phi) is 6.61. The lowest BCUT2D eigenvalue weighted by molar-refractivity contribution is 0.111. The van der Waals surface area contributed by atoms with E-state index in [-0.39, 0.29) is 6.04 Å². The van der Waals surface area contributed by atoms with E-state index in [2.05, 4.69) is 40.1 Å². The Morgan fingerprint density at radius 3 is 2.81 bits per heavy atom. The maximum atomic E-state index is 5.57. The zero-order chi connectivity index (χ0) is 11.8. The SMILES string of the molecule is CCCOCC(NCC)c1ccc(Br)cn1. The van der Waals surface area contributed by atoms with Crippen molar-refractivity contribution in [3.63, 3.8) is 0 Å².